The summed E-state index contributed by atoms with van der Waals surface area (Å²) in [5.41, 5.74) is 0. The van der Waals surface area contributed by atoms with E-state index in [4.69, 9.17) is 4.74 Å². The summed E-state index contributed by atoms with van der Waals surface area (Å²) in [6.07, 6.45) is 3.61. The molecule has 0 atom stereocenters. The fraction of sp³-hybridized carbons (Fsp3) is 0.727. The van der Waals surface area contributed by atoms with Gasteiger partial charge in [0.1, 0.15) is 0 Å². The van der Waals surface area contributed by atoms with Crippen LogP contribution >= 0.6 is 0 Å². The maximum Gasteiger partial charge on any atom is 0.257 e. The molecular formula is C11H20N4O3S. The second-order valence-corrected chi connectivity index (χ2v) is 6.26. The van der Waals surface area contributed by atoms with Gasteiger partial charge >= 0.3 is 0 Å². The summed E-state index contributed by atoms with van der Waals surface area (Å²) in [4.78, 5) is 6.09. The summed E-state index contributed by atoms with van der Waals surface area (Å²) in [5.74, 6) is 0. The minimum absolute atomic E-state index is 0.193. The Morgan fingerprint density at radius 3 is 2.79 bits per heavy atom. The Morgan fingerprint density at radius 2 is 2.16 bits per heavy atom. The van der Waals surface area contributed by atoms with Gasteiger partial charge in [0.25, 0.3) is 10.0 Å². The largest absolute Gasteiger partial charge is 0.379 e. The zero-order valence-corrected chi connectivity index (χ0v) is 11.9. The average Bonchev–Trinajstić information content (AvgIpc) is 2.83. The number of hydrogen-bond acceptors (Lipinski definition) is 5. The molecule has 0 aliphatic carbocycles. The first kappa shape index (κ1) is 14.4. The van der Waals surface area contributed by atoms with Crippen LogP contribution in [0.15, 0.2) is 17.6 Å². The number of aromatic nitrogens is 2. The molecule has 1 N–H and O–H groups in total. The summed E-state index contributed by atoms with van der Waals surface area (Å²) < 4.78 is 33.3. The lowest BCUT2D eigenvalue weighted by molar-refractivity contribution is 0.0376. The predicted molar refractivity (Wildman–Crippen MR) is 70.3 cm³/mol. The van der Waals surface area contributed by atoms with Crippen LogP contribution in [0.3, 0.4) is 0 Å². The highest BCUT2D eigenvalue weighted by Crippen LogP contribution is 2.05. The molecule has 0 aromatic carbocycles. The second-order valence-electron chi connectivity index (χ2n) is 4.55. The van der Waals surface area contributed by atoms with Crippen molar-refractivity contribution >= 4 is 10.0 Å². The van der Waals surface area contributed by atoms with Gasteiger partial charge in [0.15, 0.2) is 5.03 Å². The topological polar surface area (TPSA) is 76.5 Å². The Labute approximate surface area is 113 Å². The third-order valence-electron chi connectivity index (χ3n) is 3.09. The number of nitrogens with one attached hydrogen (secondary N) is 1. The molecule has 19 heavy (non-hydrogen) atoms. The van der Waals surface area contributed by atoms with Crippen molar-refractivity contribution in [3.05, 3.63) is 12.5 Å². The maximum atomic E-state index is 12.0. The standard InChI is InChI=1S/C11H20N4O3S/c1-14-10-12-9-11(14)19(16,17)13-3-2-4-15-5-7-18-8-6-15/h9-10,13H,2-8H2,1H3. The monoisotopic (exact) mass is 288 g/mol. The van der Waals surface area contributed by atoms with Gasteiger partial charge in [0.05, 0.1) is 25.7 Å². The van der Waals surface area contributed by atoms with Crippen molar-refractivity contribution in [1.82, 2.24) is 19.2 Å². The highest BCUT2D eigenvalue weighted by atomic mass is 32.2. The number of hydrogen-bond donors (Lipinski definition) is 1. The Kier molecular flexibility index (Phi) is 4.92. The lowest BCUT2D eigenvalue weighted by Gasteiger charge is -2.26. The number of morpholine rings is 1. The first-order valence-corrected chi connectivity index (χ1v) is 7.84. The van der Waals surface area contributed by atoms with Gasteiger partial charge in [-0.2, -0.15) is 0 Å². The summed E-state index contributed by atoms with van der Waals surface area (Å²) in [5, 5.41) is 0.193. The molecule has 0 unspecified atom stereocenters. The number of aryl methyl sites for hydroxylation is 1. The van der Waals surface area contributed by atoms with Crippen LogP contribution in [0.25, 0.3) is 0 Å². The van der Waals surface area contributed by atoms with E-state index in [-0.39, 0.29) is 5.03 Å². The first-order chi connectivity index (χ1) is 9.09. The molecule has 1 aromatic rings. The van der Waals surface area contributed by atoms with Crippen LogP contribution in [-0.2, 0) is 21.8 Å². The molecule has 0 bridgehead atoms. The van der Waals surface area contributed by atoms with E-state index in [1.54, 1.807) is 7.05 Å². The highest BCUT2D eigenvalue weighted by Gasteiger charge is 2.17. The van der Waals surface area contributed by atoms with Gasteiger partial charge in [-0.15, -0.1) is 0 Å². The van der Waals surface area contributed by atoms with Crippen molar-refractivity contribution < 1.29 is 13.2 Å². The van der Waals surface area contributed by atoms with Crippen molar-refractivity contribution in [2.24, 2.45) is 7.05 Å². The molecule has 1 aliphatic rings. The molecule has 108 valence electrons. The third-order valence-corrected chi connectivity index (χ3v) is 4.62. The summed E-state index contributed by atoms with van der Waals surface area (Å²) in [6, 6.07) is 0. The molecule has 2 rings (SSSR count). The summed E-state index contributed by atoms with van der Waals surface area (Å²) in [6.45, 7) is 4.70. The Morgan fingerprint density at radius 1 is 1.42 bits per heavy atom. The van der Waals surface area contributed by atoms with Crippen LogP contribution < -0.4 is 4.72 Å². The van der Waals surface area contributed by atoms with E-state index in [9.17, 15) is 8.42 Å². The van der Waals surface area contributed by atoms with Gasteiger partial charge in [-0.3, -0.25) is 4.90 Å². The molecule has 0 amide bonds. The van der Waals surface area contributed by atoms with Crippen molar-refractivity contribution in [2.45, 2.75) is 11.4 Å². The minimum Gasteiger partial charge on any atom is -0.379 e. The third kappa shape index (κ3) is 4.00. The van der Waals surface area contributed by atoms with Gasteiger partial charge in [-0.1, -0.05) is 0 Å². The van der Waals surface area contributed by atoms with Crippen molar-refractivity contribution in [3.8, 4) is 0 Å². The molecule has 0 saturated carbocycles. The minimum atomic E-state index is -3.44. The lowest BCUT2D eigenvalue weighted by Crippen LogP contribution is -2.38. The van der Waals surface area contributed by atoms with Gasteiger partial charge in [-0.25, -0.2) is 18.1 Å². The van der Waals surface area contributed by atoms with E-state index >= 15 is 0 Å². The Balaban J connectivity index is 1.74. The van der Waals surface area contributed by atoms with Gasteiger partial charge in [-0.05, 0) is 13.0 Å². The zero-order chi connectivity index (χ0) is 13.7. The highest BCUT2D eigenvalue weighted by molar-refractivity contribution is 7.89. The van der Waals surface area contributed by atoms with E-state index < -0.39 is 10.0 Å². The lowest BCUT2D eigenvalue weighted by atomic mass is 10.3. The second kappa shape index (κ2) is 6.47. The van der Waals surface area contributed by atoms with Crippen molar-refractivity contribution in [1.29, 1.82) is 0 Å². The molecule has 1 aromatic heterocycles. The molecular weight excluding hydrogens is 268 g/mol. The smallest absolute Gasteiger partial charge is 0.257 e. The molecule has 1 saturated heterocycles. The average molecular weight is 288 g/mol. The van der Waals surface area contributed by atoms with Crippen LogP contribution in [0, 0.1) is 0 Å². The van der Waals surface area contributed by atoms with Gasteiger partial charge in [0, 0.05) is 26.7 Å². The fourth-order valence-electron chi connectivity index (χ4n) is 2.01. The molecule has 0 spiro atoms. The molecule has 8 heteroatoms. The van der Waals surface area contributed by atoms with Crippen LogP contribution in [-0.4, -0.2) is 62.3 Å². The first-order valence-electron chi connectivity index (χ1n) is 6.36. The quantitative estimate of drug-likeness (QED) is 0.709. The Bertz CT molecular complexity index is 494. The van der Waals surface area contributed by atoms with E-state index in [0.29, 0.717) is 6.54 Å². The van der Waals surface area contributed by atoms with Crippen molar-refractivity contribution in [2.75, 3.05) is 39.4 Å². The normalized spacial score (nSPS) is 17.7. The maximum absolute atomic E-state index is 12.0. The van der Waals surface area contributed by atoms with Gasteiger partial charge in [0.2, 0.25) is 0 Å². The van der Waals surface area contributed by atoms with E-state index in [1.807, 2.05) is 0 Å². The van der Waals surface area contributed by atoms with E-state index in [0.717, 1.165) is 39.3 Å². The predicted octanol–water partition coefficient (Wildman–Crippen LogP) is -0.579. The molecule has 2 heterocycles. The van der Waals surface area contributed by atoms with Gasteiger partial charge < -0.3 is 9.30 Å². The number of imidazole rings is 1. The van der Waals surface area contributed by atoms with Crippen LogP contribution in [0.2, 0.25) is 0 Å². The van der Waals surface area contributed by atoms with Crippen LogP contribution in [0.4, 0.5) is 0 Å². The van der Waals surface area contributed by atoms with E-state index in [1.165, 1.54) is 17.1 Å². The molecule has 7 nitrogen and oxygen atoms in total. The van der Waals surface area contributed by atoms with Crippen molar-refractivity contribution in [3.63, 3.8) is 0 Å². The number of sulfonamides is 1. The molecule has 0 radical (unpaired) electrons. The summed E-state index contributed by atoms with van der Waals surface area (Å²) >= 11 is 0. The fourth-order valence-corrected chi connectivity index (χ4v) is 3.20. The number of ether oxygens (including phenoxy) is 1. The van der Waals surface area contributed by atoms with Crippen LogP contribution in [0.5, 0.6) is 0 Å². The number of rotatable bonds is 6. The summed E-state index contributed by atoms with van der Waals surface area (Å²) in [7, 11) is -1.78. The zero-order valence-electron chi connectivity index (χ0n) is 11.1. The van der Waals surface area contributed by atoms with Crippen LogP contribution in [0.1, 0.15) is 6.42 Å². The SMILES string of the molecule is Cn1cncc1S(=O)(=O)NCCCN1CCOCC1. The number of nitrogens with zero attached hydrogens (tertiary/aromatic N) is 3. The molecule has 1 aliphatic heterocycles. The molecule has 1 fully saturated rings. The Hall–Kier alpha value is -0.960. The van der Waals surface area contributed by atoms with E-state index in [2.05, 4.69) is 14.6 Å².